The average molecular weight is 801 g/mol. The SMILES string of the molecule is CCN(CC)C(=O)c1ccc(C(=C2CCN(C)CC2)c2cccc([N+](=O)[O-])c2)cc1.CCN(CC)C(=O)c1ccc(C(=C2CCNCC2)c2cccc([N+](=O)[O-])c2)cc1. The molecule has 4 aromatic carbocycles. The first-order valence-corrected chi connectivity index (χ1v) is 20.6. The fourth-order valence-corrected chi connectivity index (χ4v) is 7.76. The summed E-state index contributed by atoms with van der Waals surface area (Å²) >= 11 is 0. The number of nitro groups is 2. The van der Waals surface area contributed by atoms with E-state index in [0.717, 1.165) is 85.3 Å². The second-order valence-electron chi connectivity index (χ2n) is 14.7. The summed E-state index contributed by atoms with van der Waals surface area (Å²) in [6, 6.07) is 28.9. The molecule has 0 spiro atoms. The number of piperidine rings is 2. The molecule has 0 unspecified atom stereocenters. The molecule has 2 saturated heterocycles. The van der Waals surface area contributed by atoms with E-state index in [0.29, 0.717) is 37.3 Å². The summed E-state index contributed by atoms with van der Waals surface area (Å²) in [5.74, 6) is 0.0448. The minimum atomic E-state index is -0.361. The van der Waals surface area contributed by atoms with Gasteiger partial charge in [-0.2, -0.15) is 0 Å². The number of carbonyl (C=O) groups excluding carboxylic acids is 2. The molecule has 0 aliphatic carbocycles. The van der Waals surface area contributed by atoms with Crippen molar-refractivity contribution in [2.24, 2.45) is 0 Å². The number of hydrogen-bond donors (Lipinski definition) is 1. The first-order valence-electron chi connectivity index (χ1n) is 20.6. The number of nitrogens with zero attached hydrogens (tertiary/aromatic N) is 5. The van der Waals surface area contributed by atoms with Crippen molar-refractivity contribution in [2.75, 3.05) is 59.4 Å². The molecule has 6 rings (SSSR count). The van der Waals surface area contributed by atoms with Crippen LogP contribution in [0.15, 0.2) is 108 Å². The third-order valence-corrected chi connectivity index (χ3v) is 11.1. The molecular weight excluding hydrogens is 745 g/mol. The highest BCUT2D eigenvalue weighted by atomic mass is 16.6. The number of nitro benzene ring substituents is 2. The number of benzene rings is 4. The summed E-state index contributed by atoms with van der Waals surface area (Å²) < 4.78 is 0. The van der Waals surface area contributed by atoms with Gasteiger partial charge in [0.15, 0.2) is 0 Å². The van der Waals surface area contributed by atoms with Crippen LogP contribution in [0.4, 0.5) is 11.4 Å². The third kappa shape index (κ3) is 11.2. The minimum absolute atomic E-state index is 0.0213. The molecule has 2 aliphatic rings. The van der Waals surface area contributed by atoms with Crippen LogP contribution in [-0.2, 0) is 0 Å². The Bertz CT molecular complexity index is 2150. The molecular formula is C47H56N6O6. The summed E-state index contributed by atoms with van der Waals surface area (Å²) in [5, 5.41) is 25.9. The zero-order valence-corrected chi connectivity index (χ0v) is 34.9. The van der Waals surface area contributed by atoms with Crippen LogP contribution in [0.5, 0.6) is 0 Å². The van der Waals surface area contributed by atoms with E-state index in [1.807, 2.05) is 88.4 Å². The van der Waals surface area contributed by atoms with E-state index in [9.17, 15) is 29.8 Å². The number of non-ortho nitro benzene ring substituents is 2. The van der Waals surface area contributed by atoms with Crippen molar-refractivity contribution in [3.8, 4) is 0 Å². The summed E-state index contributed by atoms with van der Waals surface area (Å²) in [7, 11) is 2.11. The van der Waals surface area contributed by atoms with Gasteiger partial charge in [0.1, 0.15) is 0 Å². The van der Waals surface area contributed by atoms with Crippen LogP contribution in [0.3, 0.4) is 0 Å². The van der Waals surface area contributed by atoms with Crippen molar-refractivity contribution in [1.82, 2.24) is 20.0 Å². The quantitative estimate of drug-likeness (QED) is 0.111. The summed E-state index contributed by atoms with van der Waals surface area (Å²) in [4.78, 5) is 53.0. The number of nitrogens with one attached hydrogen (secondary N) is 1. The summed E-state index contributed by atoms with van der Waals surface area (Å²) in [5.41, 5.74) is 9.85. The van der Waals surface area contributed by atoms with E-state index in [-0.39, 0.29) is 33.0 Å². The van der Waals surface area contributed by atoms with E-state index in [4.69, 9.17) is 0 Å². The lowest BCUT2D eigenvalue weighted by Crippen LogP contribution is -2.30. The summed E-state index contributed by atoms with van der Waals surface area (Å²) in [6.45, 7) is 14.3. The lowest BCUT2D eigenvalue weighted by molar-refractivity contribution is -0.385. The molecule has 2 aliphatic heterocycles. The van der Waals surface area contributed by atoms with Gasteiger partial charge >= 0.3 is 0 Å². The van der Waals surface area contributed by atoms with Crippen LogP contribution in [-0.4, -0.2) is 95.8 Å². The van der Waals surface area contributed by atoms with E-state index >= 15 is 0 Å². The van der Waals surface area contributed by atoms with Gasteiger partial charge in [-0.05, 0) is 131 Å². The van der Waals surface area contributed by atoms with Crippen LogP contribution >= 0.6 is 0 Å². The summed E-state index contributed by atoms with van der Waals surface area (Å²) in [6.07, 6.45) is 3.65. The third-order valence-electron chi connectivity index (χ3n) is 11.1. The maximum Gasteiger partial charge on any atom is 0.270 e. The fourth-order valence-electron chi connectivity index (χ4n) is 7.76. The highest BCUT2D eigenvalue weighted by molar-refractivity contribution is 5.96. The lowest BCUT2D eigenvalue weighted by Gasteiger charge is -2.27. The van der Waals surface area contributed by atoms with Gasteiger partial charge in [0, 0.05) is 74.7 Å². The van der Waals surface area contributed by atoms with Crippen LogP contribution in [0, 0.1) is 20.2 Å². The number of rotatable bonds is 12. The van der Waals surface area contributed by atoms with Crippen molar-refractivity contribution in [3.63, 3.8) is 0 Å². The van der Waals surface area contributed by atoms with Gasteiger partial charge in [-0.15, -0.1) is 0 Å². The second-order valence-corrected chi connectivity index (χ2v) is 14.7. The van der Waals surface area contributed by atoms with E-state index in [1.165, 1.54) is 23.3 Å². The monoisotopic (exact) mass is 800 g/mol. The normalized spacial score (nSPS) is 14.1. The Morgan fingerprint density at radius 1 is 0.559 bits per heavy atom. The first kappa shape index (κ1) is 44.1. The minimum Gasteiger partial charge on any atom is -0.339 e. The lowest BCUT2D eigenvalue weighted by atomic mass is 9.88. The highest BCUT2D eigenvalue weighted by Crippen LogP contribution is 2.35. The van der Waals surface area contributed by atoms with Crippen molar-refractivity contribution < 1.29 is 19.4 Å². The van der Waals surface area contributed by atoms with Crippen molar-refractivity contribution in [2.45, 2.75) is 53.4 Å². The highest BCUT2D eigenvalue weighted by Gasteiger charge is 2.21. The molecule has 0 bridgehead atoms. The average Bonchev–Trinajstić information content (AvgIpc) is 3.26. The second kappa shape index (κ2) is 21.1. The fraction of sp³-hybridized carbons (Fsp3) is 0.362. The molecule has 0 atom stereocenters. The number of amides is 2. The van der Waals surface area contributed by atoms with E-state index in [1.54, 1.807) is 34.1 Å². The molecule has 0 radical (unpaired) electrons. The maximum atomic E-state index is 12.6. The Morgan fingerprint density at radius 2 is 0.915 bits per heavy atom. The Labute approximate surface area is 347 Å². The van der Waals surface area contributed by atoms with Gasteiger partial charge in [-0.25, -0.2) is 0 Å². The molecule has 12 nitrogen and oxygen atoms in total. The maximum absolute atomic E-state index is 12.6. The smallest absolute Gasteiger partial charge is 0.270 e. The van der Waals surface area contributed by atoms with Crippen molar-refractivity contribution in [1.29, 1.82) is 0 Å². The number of hydrogen-bond acceptors (Lipinski definition) is 8. The van der Waals surface area contributed by atoms with Gasteiger partial charge in [0.2, 0.25) is 0 Å². The molecule has 2 amide bonds. The molecule has 2 heterocycles. The largest absolute Gasteiger partial charge is 0.339 e. The van der Waals surface area contributed by atoms with Crippen molar-refractivity contribution >= 4 is 34.3 Å². The Balaban J connectivity index is 0.000000224. The van der Waals surface area contributed by atoms with Gasteiger partial charge < -0.3 is 20.0 Å². The predicted octanol–water partition coefficient (Wildman–Crippen LogP) is 8.87. The molecule has 4 aromatic rings. The molecule has 2 fully saturated rings. The Morgan fingerprint density at radius 3 is 1.27 bits per heavy atom. The van der Waals surface area contributed by atoms with Crippen LogP contribution in [0.1, 0.15) is 96.3 Å². The predicted molar refractivity (Wildman–Crippen MR) is 234 cm³/mol. The number of carbonyl (C=O) groups is 2. The van der Waals surface area contributed by atoms with Gasteiger partial charge in [-0.3, -0.25) is 29.8 Å². The molecule has 12 heteroatoms. The zero-order chi connectivity index (χ0) is 42.5. The van der Waals surface area contributed by atoms with Crippen molar-refractivity contribution in [3.05, 3.63) is 162 Å². The van der Waals surface area contributed by atoms with Crippen LogP contribution in [0.2, 0.25) is 0 Å². The molecule has 0 saturated carbocycles. The number of likely N-dealkylation sites (tertiary alicyclic amines) is 1. The molecule has 1 N–H and O–H groups in total. The zero-order valence-electron chi connectivity index (χ0n) is 34.9. The van der Waals surface area contributed by atoms with Gasteiger partial charge in [-0.1, -0.05) is 59.7 Å². The Kier molecular flexibility index (Phi) is 15.8. The van der Waals surface area contributed by atoms with E-state index in [2.05, 4.69) is 17.3 Å². The standard InChI is InChI=1S/C24H29N3O3.C23H27N3O3/c1-4-26(5-2)24(28)20-11-9-18(10-12-20)23(19-13-15-25(3)16-14-19)21-7-6-8-22(17-21)27(29)30;1-3-25(4-2)23(27)19-10-8-17(9-11-19)22(18-12-14-24-15-13-18)20-6-5-7-21(16-20)26(28)29/h6-12,17H,4-5,13-16H2,1-3H3;5-11,16,24H,3-4,12-15H2,1-2H3. The molecule has 59 heavy (non-hydrogen) atoms. The molecule has 0 aromatic heterocycles. The van der Waals surface area contributed by atoms with Gasteiger partial charge in [0.25, 0.3) is 23.2 Å². The van der Waals surface area contributed by atoms with E-state index < -0.39 is 0 Å². The van der Waals surface area contributed by atoms with Crippen LogP contribution < -0.4 is 5.32 Å². The van der Waals surface area contributed by atoms with Crippen LogP contribution in [0.25, 0.3) is 11.1 Å². The molecule has 310 valence electrons. The van der Waals surface area contributed by atoms with Gasteiger partial charge in [0.05, 0.1) is 9.85 Å². The Hall–Kier alpha value is -5.98. The topological polar surface area (TPSA) is 142 Å². The first-order chi connectivity index (χ1) is 28.5.